The molecular weight excluding hydrogens is 296 g/mol. The smallest absolute Gasteiger partial charge is 0.257 e. The number of primary amides is 1. The van der Waals surface area contributed by atoms with Gasteiger partial charge in [0.15, 0.2) is 0 Å². The lowest BCUT2D eigenvalue weighted by Gasteiger charge is -2.42. The summed E-state index contributed by atoms with van der Waals surface area (Å²) in [6, 6.07) is 3.50. The molecule has 1 aromatic rings. The molecule has 126 valence electrons. The van der Waals surface area contributed by atoms with Gasteiger partial charge in [-0.1, -0.05) is 0 Å². The van der Waals surface area contributed by atoms with Crippen molar-refractivity contribution in [1.29, 1.82) is 0 Å². The highest BCUT2D eigenvalue weighted by Crippen LogP contribution is 2.30. The zero-order chi connectivity index (χ0) is 16.9. The summed E-state index contributed by atoms with van der Waals surface area (Å²) in [5, 5.41) is 2.94. The number of ether oxygens (including phenoxy) is 1. The summed E-state index contributed by atoms with van der Waals surface area (Å²) >= 11 is 0. The van der Waals surface area contributed by atoms with E-state index >= 15 is 0 Å². The molecule has 1 fully saturated rings. The standard InChI is InChI=1S/C16H24N4O3/c1-18-14-12(5-3-9-19-14)15(22)20-10-4-7-16(11-20,23-2)8-6-13(17)21/h3,5,9H,4,6-8,10-11H2,1-2H3,(H2,17,21)(H,18,19)/t16-/m1/s1. The second-order valence-corrected chi connectivity index (χ2v) is 5.83. The molecule has 1 aliphatic rings. The number of hydrogen-bond donors (Lipinski definition) is 2. The lowest BCUT2D eigenvalue weighted by Crippen LogP contribution is -2.51. The summed E-state index contributed by atoms with van der Waals surface area (Å²) in [6.07, 6.45) is 4.06. The van der Waals surface area contributed by atoms with Crippen LogP contribution in [0.25, 0.3) is 0 Å². The summed E-state index contributed by atoms with van der Waals surface area (Å²) in [5.74, 6) is 0.125. The minimum Gasteiger partial charge on any atom is -0.376 e. The van der Waals surface area contributed by atoms with Crippen molar-refractivity contribution < 1.29 is 14.3 Å². The second-order valence-electron chi connectivity index (χ2n) is 5.83. The molecule has 2 amide bonds. The third kappa shape index (κ3) is 3.98. The number of hydrogen-bond acceptors (Lipinski definition) is 5. The van der Waals surface area contributed by atoms with Gasteiger partial charge in [0.25, 0.3) is 5.91 Å². The largest absolute Gasteiger partial charge is 0.376 e. The molecule has 2 rings (SSSR count). The number of piperidine rings is 1. The van der Waals surface area contributed by atoms with Crippen LogP contribution in [0.3, 0.4) is 0 Å². The lowest BCUT2D eigenvalue weighted by molar-refractivity contribution is -0.120. The Labute approximate surface area is 136 Å². The van der Waals surface area contributed by atoms with Crippen LogP contribution in [0, 0.1) is 0 Å². The Morgan fingerprint density at radius 1 is 1.52 bits per heavy atom. The van der Waals surface area contributed by atoms with Gasteiger partial charge < -0.3 is 20.7 Å². The number of rotatable bonds is 6. The number of methoxy groups -OCH3 is 1. The van der Waals surface area contributed by atoms with Crippen molar-refractivity contribution in [1.82, 2.24) is 9.88 Å². The van der Waals surface area contributed by atoms with Crippen molar-refractivity contribution in [3.8, 4) is 0 Å². The molecule has 3 N–H and O–H groups in total. The number of anilines is 1. The number of nitrogens with one attached hydrogen (secondary N) is 1. The van der Waals surface area contributed by atoms with Gasteiger partial charge in [0, 0.05) is 39.9 Å². The molecule has 2 heterocycles. The minimum atomic E-state index is -0.509. The van der Waals surface area contributed by atoms with E-state index < -0.39 is 5.60 Å². The van der Waals surface area contributed by atoms with Crippen LogP contribution in [-0.4, -0.2) is 54.5 Å². The fourth-order valence-electron chi connectivity index (χ4n) is 3.04. The average molecular weight is 320 g/mol. The average Bonchev–Trinajstić information content (AvgIpc) is 2.59. The Morgan fingerprint density at radius 2 is 2.30 bits per heavy atom. The first-order chi connectivity index (χ1) is 11.0. The molecular formula is C16H24N4O3. The number of aromatic nitrogens is 1. The van der Waals surface area contributed by atoms with Crippen molar-refractivity contribution in [3.05, 3.63) is 23.9 Å². The highest BCUT2D eigenvalue weighted by Gasteiger charge is 2.38. The number of nitrogens with zero attached hydrogens (tertiary/aromatic N) is 2. The molecule has 7 nitrogen and oxygen atoms in total. The van der Waals surface area contributed by atoms with Crippen LogP contribution in [0.5, 0.6) is 0 Å². The number of nitrogens with two attached hydrogens (primary N) is 1. The van der Waals surface area contributed by atoms with E-state index in [0.29, 0.717) is 30.9 Å². The van der Waals surface area contributed by atoms with Crippen molar-refractivity contribution in [2.45, 2.75) is 31.3 Å². The van der Waals surface area contributed by atoms with E-state index in [0.717, 1.165) is 12.8 Å². The molecule has 23 heavy (non-hydrogen) atoms. The van der Waals surface area contributed by atoms with E-state index in [-0.39, 0.29) is 18.2 Å². The van der Waals surface area contributed by atoms with Crippen LogP contribution in [0.15, 0.2) is 18.3 Å². The first-order valence-electron chi connectivity index (χ1n) is 7.77. The molecule has 0 aromatic carbocycles. The Morgan fingerprint density at radius 3 is 2.96 bits per heavy atom. The van der Waals surface area contributed by atoms with Gasteiger partial charge in [-0.25, -0.2) is 4.98 Å². The van der Waals surface area contributed by atoms with Gasteiger partial charge in [-0.3, -0.25) is 9.59 Å². The van der Waals surface area contributed by atoms with Crippen LogP contribution in [0.4, 0.5) is 5.82 Å². The van der Waals surface area contributed by atoms with Gasteiger partial charge in [0.05, 0.1) is 11.2 Å². The van der Waals surface area contributed by atoms with Gasteiger partial charge in [0.1, 0.15) is 5.82 Å². The van der Waals surface area contributed by atoms with E-state index in [9.17, 15) is 9.59 Å². The lowest BCUT2D eigenvalue weighted by atomic mass is 9.87. The molecule has 1 aromatic heterocycles. The molecule has 7 heteroatoms. The molecule has 0 aliphatic carbocycles. The van der Waals surface area contributed by atoms with Crippen molar-refractivity contribution >= 4 is 17.6 Å². The van der Waals surface area contributed by atoms with Crippen LogP contribution >= 0.6 is 0 Å². The van der Waals surface area contributed by atoms with E-state index in [2.05, 4.69) is 10.3 Å². The summed E-state index contributed by atoms with van der Waals surface area (Å²) < 4.78 is 5.67. The molecule has 1 aliphatic heterocycles. The Balaban J connectivity index is 2.16. The number of likely N-dealkylation sites (tertiary alicyclic amines) is 1. The van der Waals surface area contributed by atoms with E-state index in [4.69, 9.17) is 10.5 Å². The van der Waals surface area contributed by atoms with Crippen molar-refractivity contribution in [3.63, 3.8) is 0 Å². The maximum absolute atomic E-state index is 12.8. The molecule has 0 radical (unpaired) electrons. The second kappa shape index (κ2) is 7.41. The predicted octanol–water partition coefficient (Wildman–Crippen LogP) is 1.01. The monoisotopic (exact) mass is 320 g/mol. The summed E-state index contributed by atoms with van der Waals surface area (Å²) in [5.41, 5.74) is 5.28. The Hall–Kier alpha value is -2.15. The summed E-state index contributed by atoms with van der Waals surface area (Å²) in [7, 11) is 3.36. The molecule has 1 atom stereocenters. The Kier molecular flexibility index (Phi) is 5.54. The van der Waals surface area contributed by atoms with Gasteiger partial charge in [-0.05, 0) is 31.4 Å². The fraction of sp³-hybridized carbons (Fsp3) is 0.562. The van der Waals surface area contributed by atoms with Crippen LogP contribution in [-0.2, 0) is 9.53 Å². The quantitative estimate of drug-likeness (QED) is 0.815. The maximum atomic E-state index is 12.8. The van der Waals surface area contributed by atoms with Crippen LogP contribution in [0.2, 0.25) is 0 Å². The SMILES string of the molecule is CNc1ncccc1C(=O)N1CCC[C@](CCC(N)=O)(OC)C1. The summed E-state index contributed by atoms with van der Waals surface area (Å²) in [4.78, 5) is 29.9. The van der Waals surface area contributed by atoms with Crippen molar-refractivity contribution in [2.75, 3.05) is 32.6 Å². The minimum absolute atomic E-state index is 0.0809. The number of carbonyl (C=O) groups excluding carboxylic acids is 2. The zero-order valence-corrected chi connectivity index (χ0v) is 13.7. The van der Waals surface area contributed by atoms with E-state index in [1.54, 1.807) is 37.4 Å². The fourth-order valence-corrected chi connectivity index (χ4v) is 3.04. The maximum Gasteiger partial charge on any atom is 0.257 e. The number of pyridine rings is 1. The van der Waals surface area contributed by atoms with Gasteiger partial charge in [-0.15, -0.1) is 0 Å². The molecule has 0 spiro atoms. The first-order valence-corrected chi connectivity index (χ1v) is 7.77. The van der Waals surface area contributed by atoms with Crippen LogP contribution in [0.1, 0.15) is 36.0 Å². The predicted molar refractivity (Wildman–Crippen MR) is 87.1 cm³/mol. The highest BCUT2D eigenvalue weighted by atomic mass is 16.5. The number of carbonyl (C=O) groups is 2. The Bertz CT molecular complexity index is 578. The van der Waals surface area contributed by atoms with Gasteiger partial charge in [-0.2, -0.15) is 0 Å². The number of amides is 2. The zero-order valence-electron chi connectivity index (χ0n) is 13.7. The molecule has 0 bridgehead atoms. The van der Waals surface area contributed by atoms with Gasteiger partial charge >= 0.3 is 0 Å². The van der Waals surface area contributed by atoms with E-state index in [1.807, 2.05) is 0 Å². The van der Waals surface area contributed by atoms with Gasteiger partial charge in [0.2, 0.25) is 5.91 Å². The normalized spacial score (nSPS) is 21.0. The topological polar surface area (TPSA) is 97.5 Å². The summed E-state index contributed by atoms with van der Waals surface area (Å²) in [6.45, 7) is 1.12. The van der Waals surface area contributed by atoms with Crippen LogP contribution < -0.4 is 11.1 Å². The van der Waals surface area contributed by atoms with E-state index in [1.165, 1.54) is 0 Å². The van der Waals surface area contributed by atoms with Crippen molar-refractivity contribution in [2.24, 2.45) is 5.73 Å². The first kappa shape index (κ1) is 17.2. The molecule has 0 unspecified atom stereocenters. The molecule has 1 saturated heterocycles. The molecule has 0 saturated carbocycles. The third-order valence-electron chi connectivity index (χ3n) is 4.36. The third-order valence-corrected chi connectivity index (χ3v) is 4.36. The highest BCUT2D eigenvalue weighted by molar-refractivity contribution is 5.98.